The van der Waals surface area contributed by atoms with Crippen LogP contribution in [-0.4, -0.2) is 0 Å². The van der Waals surface area contributed by atoms with Crippen molar-refractivity contribution < 1.29 is 0 Å². The summed E-state index contributed by atoms with van der Waals surface area (Å²) in [7, 11) is 0. The van der Waals surface area contributed by atoms with Gasteiger partial charge in [0.05, 0.1) is 0 Å². The smallest absolute Gasteiger partial charge is 0.122 e. The zero-order valence-electron chi connectivity index (χ0n) is 16.0. The molecule has 2 N–H and O–H groups in total. The number of rotatable bonds is 2. The topological polar surface area (TPSA) is 24.1 Å². The Hall–Kier alpha value is -2.56. The van der Waals surface area contributed by atoms with Crippen molar-refractivity contribution in [2.45, 2.75) is 11.1 Å². The number of nitrogens with one attached hydrogen (secondary N) is 2. The number of benzene rings is 4. The highest BCUT2D eigenvalue weighted by atomic mass is 79.9. The van der Waals surface area contributed by atoms with Gasteiger partial charge in [0.1, 0.15) is 11.1 Å². The normalized spacial score (nSPS) is 23.1. The van der Waals surface area contributed by atoms with Gasteiger partial charge in [-0.05, 0) is 47.5 Å². The maximum absolute atomic E-state index is 3.97. The van der Waals surface area contributed by atoms with Gasteiger partial charge in [0.2, 0.25) is 0 Å². The molecule has 4 aromatic carbocycles. The molecule has 4 aromatic rings. The highest BCUT2D eigenvalue weighted by Gasteiger charge is 2.65. The molecule has 2 heterocycles. The van der Waals surface area contributed by atoms with Crippen LogP contribution in [0.15, 0.2) is 106 Å². The molecule has 0 saturated heterocycles. The highest BCUT2D eigenvalue weighted by Crippen LogP contribution is 2.64. The van der Waals surface area contributed by atoms with E-state index in [-0.39, 0.29) is 0 Å². The van der Waals surface area contributed by atoms with Gasteiger partial charge in [0, 0.05) is 31.4 Å². The van der Waals surface area contributed by atoms with Gasteiger partial charge in [-0.15, -0.1) is 0 Å². The van der Waals surface area contributed by atoms with Crippen molar-refractivity contribution in [3.05, 3.63) is 128 Å². The minimum absolute atomic E-state index is 0.488. The third-order valence-corrected chi connectivity index (χ3v) is 7.38. The average molecular weight is 518 g/mol. The Bertz CT molecular complexity index is 1170. The zero-order valence-corrected chi connectivity index (χ0v) is 19.2. The summed E-state index contributed by atoms with van der Waals surface area (Å²) in [5.74, 6) is 0. The first kappa shape index (κ1) is 18.2. The SMILES string of the molecule is Brc1ccc2c(c1)C1(c3ccccc3)Nc3ccc(Br)cc3C1(c1ccccc1)N2. The highest BCUT2D eigenvalue weighted by molar-refractivity contribution is 9.10. The number of halogens is 2. The molecule has 2 atom stereocenters. The molecule has 30 heavy (non-hydrogen) atoms. The van der Waals surface area contributed by atoms with Crippen LogP contribution in [0.2, 0.25) is 0 Å². The van der Waals surface area contributed by atoms with Crippen LogP contribution in [0.25, 0.3) is 0 Å². The van der Waals surface area contributed by atoms with Crippen LogP contribution >= 0.6 is 31.9 Å². The maximum atomic E-state index is 3.97. The second kappa shape index (κ2) is 6.47. The lowest BCUT2D eigenvalue weighted by atomic mass is 9.66. The molecule has 0 aromatic heterocycles. The minimum atomic E-state index is -0.488. The fourth-order valence-electron chi connectivity index (χ4n) is 5.27. The van der Waals surface area contributed by atoms with Crippen LogP contribution in [0.3, 0.4) is 0 Å². The predicted molar refractivity (Wildman–Crippen MR) is 130 cm³/mol. The Morgan fingerprint density at radius 3 is 1.30 bits per heavy atom. The maximum Gasteiger partial charge on any atom is 0.122 e. The van der Waals surface area contributed by atoms with Crippen molar-refractivity contribution in [2.75, 3.05) is 10.6 Å². The van der Waals surface area contributed by atoms with Crippen molar-refractivity contribution in [1.29, 1.82) is 0 Å². The van der Waals surface area contributed by atoms with Gasteiger partial charge in [0.25, 0.3) is 0 Å². The molecular weight excluding hydrogens is 500 g/mol. The lowest BCUT2D eigenvalue weighted by Gasteiger charge is -2.42. The summed E-state index contributed by atoms with van der Waals surface area (Å²) in [5.41, 5.74) is 6.23. The Labute approximate surface area is 192 Å². The van der Waals surface area contributed by atoms with Gasteiger partial charge < -0.3 is 10.6 Å². The van der Waals surface area contributed by atoms with Gasteiger partial charge in [-0.2, -0.15) is 0 Å². The van der Waals surface area contributed by atoms with Gasteiger partial charge in [-0.25, -0.2) is 0 Å². The van der Waals surface area contributed by atoms with E-state index < -0.39 is 11.1 Å². The molecule has 0 spiro atoms. The van der Waals surface area contributed by atoms with Crippen molar-refractivity contribution in [1.82, 2.24) is 0 Å². The molecule has 6 rings (SSSR count). The number of fused-ring (bicyclic) bond motifs is 5. The third kappa shape index (κ3) is 2.24. The van der Waals surface area contributed by atoms with Crippen LogP contribution in [0.4, 0.5) is 11.4 Å². The molecule has 0 saturated carbocycles. The van der Waals surface area contributed by atoms with E-state index in [1.165, 1.54) is 22.3 Å². The second-order valence-electron chi connectivity index (χ2n) is 7.86. The molecule has 2 aliphatic rings. The van der Waals surface area contributed by atoms with Crippen LogP contribution in [-0.2, 0) is 11.1 Å². The summed E-state index contributed by atoms with van der Waals surface area (Å²) in [4.78, 5) is 0. The first-order valence-corrected chi connectivity index (χ1v) is 11.5. The minimum Gasteiger partial charge on any atom is -0.369 e. The lowest BCUT2D eigenvalue weighted by molar-refractivity contribution is 0.439. The molecule has 0 aliphatic carbocycles. The van der Waals surface area contributed by atoms with E-state index in [1.807, 2.05) is 0 Å². The van der Waals surface area contributed by atoms with Crippen molar-refractivity contribution in [3.8, 4) is 0 Å². The van der Waals surface area contributed by atoms with E-state index in [0.717, 1.165) is 20.3 Å². The quantitative estimate of drug-likeness (QED) is 0.292. The summed E-state index contributed by atoms with van der Waals surface area (Å²) < 4.78 is 2.14. The number of hydrogen-bond acceptors (Lipinski definition) is 2. The van der Waals surface area contributed by atoms with Crippen LogP contribution in [0.5, 0.6) is 0 Å². The monoisotopic (exact) mass is 516 g/mol. The Morgan fingerprint density at radius 2 is 0.900 bits per heavy atom. The van der Waals surface area contributed by atoms with E-state index >= 15 is 0 Å². The first-order chi connectivity index (χ1) is 14.6. The molecular formula is C26H18Br2N2. The predicted octanol–water partition coefficient (Wildman–Crippen LogP) is 7.25. The summed E-state index contributed by atoms with van der Waals surface area (Å²) in [6, 6.07) is 34.6. The number of hydrogen-bond donors (Lipinski definition) is 2. The fraction of sp³-hybridized carbons (Fsp3) is 0.0769. The van der Waals surface area contributed by atoms with Crippen LogP contribution in [0, 0.1) is 0 Å². The lowest BCUT2D eigenvalue weighted by Crippen LogP contribution is -2.51. The average Bonchev–Trinajstić information content (AvgIpc) is 3.23. The van der Waals surface area contributed by atoms with Crippen molar-refractivity contribution in [2.24, 2.45) is 0 Å². The van der Waals surface area contributed by atoms with Gasteiger partial charge >= 0.3 is 0 Å². The molecule has 2 unspecified atom stereocenters. The number of anilines is 2. The van der Waals surface area contributed by atoms with Gasteiger partial charge in [-0.3, -0.25) is 0 Å². The molecule has 2 aliphatic heterocycles. The summed E-state index contributed by atoms with van der Waals surface area (Å²) >= 11 is 7.43. The summed E-state index contributed by atoms with van der Waals surface area (Å²) in [6.45, 7) is 0. The Balaban J connectivity index is 1.79. The molecule has 0 radical (unpaired) electrons. The summed E-state index contributed by atoms with van der Waals surface area (Å²) in [6.07, 6.45) is 0. The van der Waals surface area contributed by atoms with E-state index in [2.05, 4.69) is 140 Å². The largest absolute Gasteiger partial charge is 0.369 e. The van der Waals surface area contributed by atoms with E-state index in [4.69, 9.17) is 0 Å². The van der Waals surface area contributed by atoms with Crippen molar-refractivity contribution in [3.63, 3.8) is 0 Å². The van der Waals surface area contributed by atoms with Crippen LogP contribution < -0.4 is 10.6 Å². The van der Waals surface area contributed by atoms with E-state index in [1.54, 1.807) is 0 Å². The second-order valence-corrected chi connectivity index (χ2v) is 9.69. The van der Waals surface area contributed by atoms with Crippen molar-refractivity contribution >= 4 is 43.2 Å². The standard InChI is InChI=1S/C26H18Br2N2/c27-19-11-13-23-21(15-19)25(17-7-3-1-4-8-17)26(30-23,18-9-5-2-6-10-18)22-16-20(28)12-14-24(22)29-25/h1-16,29-30H. The molecule has 0 bridgehead atoms. The first-order valence-electron chi connectivity index (χ1n) is 9.93. The van der Waals surface area contributed by atoms with Gasteiger partial charge in [-0.1, -0.05) is 92.5 Å². The summed E-state index contributed by atoms with van der Waals surface area (Å²) in [5, 5.41) is 7.94. The van der Waals surface area contributed by atoms with E-state index in [9.17, 15) is 0 Å². The molecule has 0 fully saturated rings. The molecule has 0 amide bonds. The Kier molecular flexibility index (Phi) is 3.93. The molecule has 146 valence electrons. The third-order valence-electron chi connectivity index (χ3n) is 6.39. The zero-order chi connectivity index (χ0) is 20.3. The van der Waals surface area contributed by atoms with Crippen LogP contribution in [0.1, 0.15) is 22.3 Å². The Morgan fingerprint density at radius 1 is 0.500 bits per heavy atom. The molecule has 4 heteroatoms. The fourth-order valence-corrected chi connectivity index (χ4v) is 5.99. The van der Waals surface area contributed by atoms with E-state index in [0.29, 0.717) is 0 Å². The van der Waals surface area contributed by atoms with Gasteiger partial charge in [0.15, 0.2) is 0 Å². The molecule has 2 nitrogen and oxygen atoms in total.